The van der Waals surface area contributed by atoms with Gasteiger partial charge in [-0.25, -0.2) is 4.21 Å². The fourth-order valence-electron chi connectivity index (χ4n) is 4.24. The van der Waals surface area contributed by atoms with Crippen LogP contribution >= 0.6 is 39.1 Å². The molecule has 4 aromatic rings. The minimum Gasteiger partial charge on any atom is -0.490 e. The highest BCUT2D eigenvalue weighted by molar-refractivity contribution is 9.10. The first-order valence-electron chi connectivity index (χ1n) is 11.9. The highest BCUT2D eigenvalue weighted by Gasteiger charge is 2.30. The molecule has 4 rings (SSSR count). The van der Waals surface area contributed by atoms with Crippen molar-refractivity contribution in [2.75, 3.05) is 14.2 Å². The van der Waals surface area contributed by atoms with E-state index in [-0.39, 0.29) is 23.0 Å². The molecule has 0 heterocycles. The number of halogens is 3. The molecule has 0 aliphatic heterocycles. The second kappa shape index (κ2) is 12.6. The lowest BCUT2D eigenvalue weighted by molar-refractivity contribution is -0.131. The van der Waals surface area contributed by atoms with Crippen LogP contribution in [-0.4, -0.2) is 24.4 Å². The molecule has 0 bridgehead atoms. The van der Waals surface area contributed by atoms with E-state index in [0.717, 1.165) is 4.47 Å². The number of fused-ring (bicyclic) bond motifs is 1. The van der Waals surface area contributed by atoms with E-state index in [9.17, 15) is 9.00 Å². The van der Waals surface area contributed by atoms with Crippen LogP contribution in [0.3, 0.4) is 0 Å². The van der Waals surface area contributed by atoms with Gasteiger partial charge in [0.15, 0.2) is 11.5 Å². The number of esters is 1. The van der Waals surface area contributed by atoms with Crippen LogP contribution in [0.5, 0.6) is 23.0 Å². The number of hydrogen-bond donors (Lipinski definition) is 0. The average Bonchev–Trinajstić information content (AvgIpc) is 2.92. The Kier molecular flexibility index (Phi) is 9.43. The van der Waals surface area contributed by atoms with Crippen molar-refractivity contribution in [3.05, 3.63) is 80.7 Å². The molecule has 0 aromatic heterocycles. The second-order valence-corrected chi connectivity index (χ2v) is 11.6. The van der Waals surface area contributed by atoms with Crippen LogP contribution in [0.15, 0.2) is 74.9 Å². The molecule has 0 amide bonds. The third-order valence-electron chi connectivity index (χ3n) is 5.94. The standard InChI is InChI=1S/C29H25BrCl2O6S/c1-5-23(20-14-11-18(31)15-22(20)32)38-27-25-21(26(37-16(2)33)28(35-3)29(27)36-4)7-6-8-24(25)39(34)19-12-9-17(30)10-13-19/h6-15,23H,5H2,1-4H3. The van der Waals surface area contributed by atoms with Gasteiger partial charge in [0.2, 0.25) is 11.5 Å². The fourth-order valence-corrected chi connectivity index (χ4v) is 6.26. The number of ether oxygens (including phenoxy) is 4. The molecule has 0 fully saturated rings. The van der Waals surface area contributed by atoms with Crippen molar-refractivity contribution < 1.29 is 28.0 Å². The molecule has 0 aliphatic carbocycles. The Morgan fingerprint density at radius 2 is 1.62 bits per heavy atom. The van der Waals surface area contributed by atoms with Gasteiger partial charge < -0.3 is 18.9 Å². The monoisotopic (exact) mass is 650 g/mol. The highest BCUT2D eigenvalue weighted by Crippen LogP contribution is 2.54. The number of carbonyl (C=O) groups is 1. The van der Waals surface area contributed by atoms with Gasteiger partial charge in [0, 0.05) is 42.7 Å². The van der Waals surface area contributed by atoms with E-state index in [1.54, 1.807) is 48.5 Å². The minimum atomic E-state index is -1.63. The molecule has 6 nitrogen and oxygen atoms in total. The average molecular weight is 652 g/mol. The van der Waals surface area contributed by atoms with E-state index in [1.807, 2.05) is 19.1 Å². The Bertz CT molecular complexity index is 1560. The summed E-state index contributed by atoms with van der Waals surface area (Å²) < 4.78 is 38.5. The van der Waals surface area contributed by atoms with Crippen LogP contribution in [0.25, 0.3) is 10.8 Å². The topological polar surface area (TPSA) is 71.1 Å². The molecule has 2 atom stereocenters. The summed E-state index contributed by atoms with van der Waals surface area (Å²) in [7, 11) is 1.27. The van der Waals surface area contributed by atoms with E-state index in [4.69, 9.17) is 42.1 Å². The molecule has 0 spiro atoms. The summed E-state index contributed by atoms with van der Waals surface area (Å²) in [5.41, 5.74) is 0.716. The Morgan fingerprint density at radius 1 is 0.949 bits per heavy atom. The summed E-state index contributed by atoms with van der Waals surface area (Å²) in [6.07, 6.45) is 0.0168. The van der Waals surface area contributed by atoms with Crippen LogP contribution in [0.4, 0.5) is 0 Å². The van der Waals surface area contributed by atoms with Crippen LogP contribution in [0.1, 0.15) is 31.9 Å². The first-order chi connectivity index (χ1) is 18.7. The van der Waals surface area contributed by atoms with Crippen molar-refractivity contribution in [2.24, 2.45) is 0 Å². The summed E-state index contributed by atoms with van der Waals surface area (Å²) in [4.78, 5) is 13.1. The Labute approximate surface area is 247 Å². The molecule has 0 aliphatic rings. The van der Waals surface area contributed by atoms with Gasteiger partial charge in [-0.1, -0.05) is 64.3 Å². The van der Waals surface area contributed by atoms with Gasteiger partial charge in [-0.2, -0.15) is 0 Å². The molecule has 0 saturated heterocycles. The fraction of sp³-hybridized carbons (Fsp3) is 0.207. The maximum absolute atomic E-state index is 14.0. The van der Waals surface area contributed by atoms with Gasteiger partial charge >= 0.3 is 5.97 Å². The number of benzene rings is 4. The van der Waals surface area contributed by atoms with E-state index in [2.05, 4.69) is 15.9 Å². The van der Waals surface area contributed by atoms with Gasteiger partial charge in [0.25, 0.3) is 0 Å². The molecule has 204 valence electrons. The van der Waals surface area contributed by atoms with Gasteiger partial charge in [-0.15, -0.1) is 0 Å². The van der Waals surface area contributed by atoms with E-state index in [0.29, 0.717) is 42.6 Å². The maximum atomic E-state index is 14.0. The van der Waals surface area contributed by atoms with Gasteiger partial charge in [-0.3, -0.25) is 4.79 Å². The van der Waals surface area contributed by atoms with Crippen LogP contribution in [0.2, 0.25) is 10.0 Å². The Hall–Kier alpha value is -2.78. The largest absolute Gasteiger partial charge is 0.490 e. The lowest BCUT2D eigenvalue weighted by Crippen LogP contribution is -2.11. The van der Waals surface area contributed by atoms with E-state index in [1.165, 1.54) is 21.1 Å². The predicted molar refractivity (Wildman–Crippen MR) is 157 cm³/mol. The zero-order chi connectivity index (χ0) is 28.3. The van der Waals surface area contributed by atoms with Gasteiger partial charge in [-0.05, 0) is 48.9 Å². The summed E-state index contributed by atoms with van der Waals surface area (Å²) >= 11 is 16.1. The quantitative estimate of drug-likeness (QED) is 0.133. The highest BCUT2D eigenvalue weighted by atomic mass is 79.9. The zero-order valence-corrected chi connectivity index (χ0v) is 25.5. The molecule has 4 aromatic carbocycles. The molecular weight excluding hydrogens is 627 g/mol. The third kappa shape index (κ3) is 6.04. The number of rotatable bonds is 9. The minimum absolute atomic E-state index is 0.136. The maximum Gasteiger partial charge on any atom is 0.308 e. The van der Waals surface area contributed by atoms with Crippen LogP contribution in [0, 0.1) is 0 Å². The van der Waals surface area contributed by atoms with Crippen molar-refractivity contribution in [3.8, 4) is 23.0 Å². The van der Waals surface area contributed by atoms with Crippen molar-refractivity contribution in [3.63, 3.8) is 0 Å². The van der Waals surface area contributed by atoms with Gasteiger partial charge in [0.05, 0.1) is 29.9 Å². The molecule has 2 unspecified atom stereocenters. The Morgan fingerprint density at radius 3 is 2.21 bits per heavy atom. The van der Waals surface area contributed by atoms with Crippen molar-refractivity contribution in [1.82, 2.24) is 0 Å². The SMILES string of the molecule is CCC(Oc1c(OC)c(OC)c(OC(C)=O)c2cccc(S(=O)c3ccc(Br)cc3)c12)c1ccc(Cl)cc1Cl. The number of hydrogen-bond acceptors (Lipinski definition) is 6. The number of methoxy groups -OCH3 is 2. The summed E-state index contributed by atoms with van der Waals surface area (Å²) in [5, 5.41) is 1.87. The van der Waals surface area contributed by atoms with Gasteiger partial charge in [0.1, 0.15) is 6.10 Å². The van der Waals surface area contributed by atoms with Crippen molar-refractivity contribution >= 4 is 66.7 Å². The summed E-state index contributed by atoms with van der Waals surface area (Å²) in [5.74, 6) is 0.212. The molecule has 0 saturated carbocycles. The second-order valence-electron chi connectivity index (χ2n) is 8.40. The lowest BCUT2D eigenvalue weighted by atomic mass is 10.0. The molecule has 0 N–H and O–H groups in total. The molecule has 0 radical (unpaired) electrons. The van der Waals surface area contributed by atoms with Crippen molar-refractivity contribution in [2.45, 2.75) is 36.2 Å². The van der Waals surface area contributed by atoms with Crippen molar-refractivity contribution in [1.29, 1.82) is 0 Å². The predicted octanol–water partition coefficient (Wildman–Crippen LogP) is 8.55. The van der Waals surface area contributed by atoms with Crippen LogP contribution < -0.4 is 18.9 Å². The summed E-state index contributed by atoms with van der Waals surface area (Å²) in [6, 6.07) is 17.6. The zero-order valence-electron chi connectivity index (χ0n) is 21.5. The van der Waals surface area contributed by atoms with E-state index >= 15 is 0 Å². The molecule has 39 heavy (non-hydrogen) atoms. The molecular formula is C29H25BrCl2O6S. The first kappa shape index (κ1) is 29.2. The normalized spacial score (nSPS) is 12.6. The van der Waals surface area contributed by atoms with Crippen LogP contribution in [-0.2, 0) is 15.6 Å². The first-order valence-corrected chi connectivity index (χ1v) is 14.6. The smallest absolute Gasteiger partial charge is 0.308 e. The lowest BCUT2D eigenvalue weighted by Gasteiger charge is -2.25. The summed E-state index contributed by atoms with van der Waals surface area (Å²) in [6.45, 7) is 3.25. The third-order valence-corrected chi connectivity index (χ3v) is 8.47. The van der Waals surface area contributed by atoms with E-state index < -0.39 is 22.9 Å². The Balaban J connectivity index is 2.05. The molecule has 10 heteroatoms. The number of carbonyl (C=O) groups excluding carboxylic acids is 1.